The Balaban J connectivity index is 0.0000101. The first-order valence-corrected chi connectivity index (χ1v) is 17.1. The van der Waals surface area contributed by atoms with Crippen LogP contribution in [0.3, 0.4) is 0 Å². The second-order valence-electron chi connectivity index (χ2n) is 13.4. The molecule has 0 bridgehead atoms. The third-order valence-electron chi connectivity index (χ3n) is 9.68. The number of nitrogens with zero attached hydrogens (tertiary/aromatic N) is 3. The topological polar surface area (TPSA) is 249 Å². The van der Waals surface area contributed by atoms with Crippen molar-refractivity contribution < 1.29 is 101 Å². The van der Waals surface area contributed by atoms with E-state index in [1.54, 1.807) is 55.6 Å². The van der Waals surface area contributed by atoms with Gasteiger partial charge in [0.05, 0.1) is 18.2 Å². The van der Waals surface area contributed by atoms with Crippen molar-refractivity contribution in [3.05, 3.63) is 52.4 Å². The minimum Gasteiger partial charge on any atom is -1.00 e. The molecule has 3 aromatic heterocycles. The number of carbonyl (C=O) groups is 4. The number of amides is 4. The molecule has 0 aliphatic rings. The Morgan fingerprint density at radius 3 is 1.02 bits per heavy atom. The summed E-state index contributed by atoms with van der Waals surface area (Å²) in [5, 5.41) is 72.3. The summed E-state index contributed by atoms with van der Waals surface area (Å²) in [6.07, 6.45) is -0.406. The summed E-state index contributed by atoms with van der Waals surface area (Å²) in [6.45, 7) is 6.09. The van der Waals surface area contributed by atoms with Gasteiger partial charge in [-0.1, -0.05) is 0 Å². The molecule has 56 heavy (non-hydrogen) atoms. The molecule has 0 saturated heterocycles. The predicted molar refractivity (Wildman–Crippen MR) is 187 cm³/mol. The molecule has 20 heteroatoms. The quantitative estimate of drug-likeness (QED) is 0.0610. The van der Waals surface area contributed by atoms with E-state index in [-0.39, 0.29) is 147 Å². The molecule has 4 amide bonds. The first kappa shape index (κ1) is 51.0. The lowest BCUT2D eigenvalue weighted by atomic mass is 9.83. The van der Waals surface area contributed by atoms with Crippen molar-refractivity contribution in [2.24, 2.45) is 21.1 Å². The van der Waals surface area contributed by atoms with Gasteiger partial charge in [0.25, 0.3) is 0 Å². The Bertz CT molecular complexity index is 1630. The molecule has 0 aromatic carbocycles. The van der Waals surface area contributed by atoms with Crippen molar-refractivity contribution in [2.45, 2.75) is 91.4 Å². The lowest BCUT2D eigenvalue weighted by Gasteiger charge is -2.34. The van der Waals surface area contributed by atoms with Gasteiger partial charge in [-0.2, -0.15) is 13.7 Å². The number of nitrogens with one attached hydrogen (secondary N) is 4. The summed E-state index contributed by atoms with van der Waals surface area (Å²) in [5.41, 5.74) is 1.47. The van der Waals surface area contributed by atoms with E-state index in [1.165, 1.54) is 25.1 Å². The Morgan fingerprint density at radius 1 is 0.536 bits per heavy atom. The van der Waals surface area contributed by atoms with Gasteiger partial charge < -0.3 is 89.1 Å². The summed E-state index contributed by atoms with van der Waals surface area (Å²) in [4.78, 5) is 52.0. The summed E-state index contributed by atoms with van der Waals surface area (Å²) in [7, 11) is 5.00. The number of hydrogen-bond acceptors (Lipinski definition) is 10. The zero-order chi connectivity index (χ0) is 39.8. The molecule has 0 atom stereocenters. The van der Waals surface area contributed by atoms with Crippen LogP contribution in [0.4, 0.5) is 0 Å². The van der Waals surface area contributed by atoms with Crippen molar-refractivity contribution in [1.82, 2.24) is 21.3 Å². The van der Waals surface area contributed by atoms with Crippen molar-refractivity contribution >= 4 is 23.6 Å². The third kappa shape index (κ3) is 13.1. The van der Waals surface area contributed by atoms with Crippen LogP contribution >= 0.6 is 0 Å². The number of hydrogen-bond donors (Lipinski definition) is 10. The van der Waals surface area contributed by atoms with Crippen LogP contribution in [0.1, 0.15) is 79.6 Å². The highest BCUT2D eigenvalue weighted by Crippen LogP contribution is 2.30. The maximum absolute atomic E-state index is 13.1. The van der Waals surface area contributed by atoms with Crippen molar-refractivity contribution in [3.8, 4) is 34.5 Å². The molecule has 312 valence electrons. The smallest absolute Gasteiger partial charge is 0.246 e. The molecule has 0 radical (unpaired) electrons. The third-order valence-corrected chi connectivity index (χ3v) is 9.68. The molecule has 17 nitrogen and oxygen atoms in total. The Labute approximate surface area is 344 Å². The molecule has 0 unspecified atom stereocenters. The monoisotopic (exact) mass is 847 g/mol. The molecule has 0 fully saturated rings. The van der Waals surface area contributed by atoms with E-state index in [0.29, 0.717) is 17.1 Å². The minimum absolute atomic E-state index is 0. The Morgan fingerprint density at radius 2 is 0.786 bits per heavy atom. The highest BCUT2D eigenvalue weighted by Gasteiger charge is 2.34. The van der Waals surface area contributed by atoms with Crippen LogP contribution < -0.4 is 72.2 Å². The first-order chi connectivity index (χ1) is 24.8. The summed E-state index contributed by atoms with van der Waals surface area (Å²) in [5.74, 6) is -3.99. The molecule has 0 aliphatic heterocycles. The number of carbonyl (C=O) groups excluding carboxylic acids is 4. The molecule has 3 rings (SSSR count). The largest absolute Gasteiger partial charge is 1.00 e. The standard InChI is InChI=1S/C36H49N7O10.3ClH/c1-20-14-27(45)33(51)24(41(20)5)17-37-30(48)8-11-36(40-23(4)44,12-9-31(49)38-18-25-34(52)28(46)15-21(2)42(25)6)13-10-32(50)39-19-26-35(53)29(47)16-22(3)43(26)7;;;/h14-16H,8-13,17-19H2,1-7H3,(H7,37,38,39,40,44,48,49,50,51,52,53);3*1H. The molecular formula is C36H52Cl3N7O10. The number of halogens is 3. The van der Waals surface area contributed by atoms with Crippen LogP contribution in [0, 0.1) is 20.8 Å². The van der Waals surface area contributed by atoms with E-state index in [9.17, 15) is 49.8 Å². The first-order valence-electron chi connectivity index (χ1n) is 17.1. The molecule has 3 aromatic rings. The Kier molecular flexibility index (Phi) is 20.0. The van der Waals surface area contributed by atoms with Crippen molar-refractivity contribution in [1.29, 1.82) is 0 Å². The number of rotatable bonds is 16. The lowest BCUT2D eigenvalue weighted by molar-refractivity contribution is -0.686. The molecule has 0 spiro atoms. The fraction of sp³-hybridized carbons (Fsp3) is 0.472. The average Bonchev–Trinajstić information content (AvgIpc) is 3.09. The molecular weight excluding hydrogens is 797 g/mol. The lowest BCUT2D eigenvalue weighted by Crippen LogP contribution is -3.00. The van der Waals surface area contributed by atoms with Crippen molar-refractivity contribution in [2.75, 3.05) is 0 Å². The SMILES string of the molecule is CC(=O)NC(CCC(=O)NCc1c(O)c(O)cc(C)[n+]1C)(CCC(=O)NCc1c(O)c(O)cc(C)[n+]1C)CCC(=O)NCc1c(O)c(O)cc(C)[n+]1C.[Cl-].[Cl-].[Cl-]. The van der Waals surface area contributed by atoms with Gasteiger partial charge in [0.1, 0.15) is 40.8 Å². The normalized spacial score (nSPS) is 10.6. The second kappa shape index (κ2) is 21.9. The second-order valence-corrected chi connectivity index (χ2v) is 13.4. The van der Waals surface area contributed by atoms with Crippen LogP contribution in [0.5, 0.6) is 34.5 Å². The van der Waals surface area contributed by atoms with Gasteiger partial charge in [0.15, 0.2) is 34.3 Å². The number of aromatic hydroxyl groups is 6. The van der Waals surface area contributed by atoms with Gasteiger partial charge in [-0.15, -0.1) is 0 Å². The van der Waals surface area contributed by atoms with E-state index >= 15 is 0 Å². The van der Waals surface area contributed by atoms with Gasteiger partial charge in [-0.25, -0.2) is 0 Å². The maximum atomic E-state index is 13.1. The average molecular weight is 849 g/mol. The van der Waals surface area contributed by atoms with Gasteiger partial charge in [-0.3, -0.25) is 19.2 Å². The zero-order valence-corrected chi connectivity index (χ0v) is 34.7. The van der Waals surface area contributed by atoms with E-state index in [0.717, 1.165) is 0 Å². The molecule has 10 N–H and O–H groups in total. The fourth-order valence-electron chi connectivity index (χ4n) is 6.06. The fourth-order valence-corrected chi connectivity index (χ4v) is 6.06. The van der Waals surface area contributed by atoms with E-state index in [4.69, 9.17) is 0 Å². The molecule has 3 heterocycles. The van der Waals surface area contributed by atoms with Crippen LogP contribution in [0.15, 0.2) is 18.2 Å². The van der Waals surface area contributed by atoms with Gasteiger partial charge in [0, 0.05) is 52.5 Å². The predicted octanol–water partition coefficient (Wildman–Crippen LogP) is -9.20. The summed E-state index contributed by atoms with van der Waals surface area (Å²) >= 11 is 0. The van der Waals surface area contributed by atoms with Crippen LogP contribution in [-0.2, 0) is 60.0 Å². The Hall–Kier alpha value is -5.00. The highest BCUT2D eigenvalue weighted by molar-refractivity contribution is 5.79. The summed E-state index contributed by atoms with van der Waals surface area (Å²) in [6, 6.07) is 4.15. The van der Waals surface area contributed by atoms with Gasteiger partial charge >= 0.3 is 0 Å². The number of pyridine rings is 3. The minimum atomic E-state index is -1.23. The van der Waals surface area contributed by atoms with Crippen LogP contribution in [0.25, 0.3) is 0 Å². The van der Waals surface area contributed by atoms with E-state index < -0.39 is 29.2 Å². The highest BCUT2D eigenvalue weighted by atomic mass is 35.5. The van der Waals surface area contributed by atoms with Crippen LogP contribution in [-0.4, -0.2) is 59.8 Å². The van der Waals surface area contributed by atoms with Gasteiger partial charge in [0.2, 0.25) is 58.0 Å². The van der Waals surface area contributed by atoms with Gasteiger partial charge in [-0.05, 0) is 19.3 Å². The zero-order valence-electron chi connectivity index (χ0n) is 32.4. The summed E-state index contributed by atoms with van der Waals surface area (Å²) < 4.78 is 4.84. The van der Waals surface area contributed by atoms with E-state index in [1.807, 2.05) is 0 Å². The van der Waals surface area contributed by atoms with Crippen molar-refractivity contribution in [3.63, 3.8) is 0 Å². The number of aryl methyl sites for hydroxylation is 3. The molecule has 0 saturated carbocycles. The van der Waals surface area contributed by atoms with E-state index in [2.05, 4.69) is 21.3 Å². The maximum Gasteiger partial charge on any atom is 0.246 e. The number of aromatic nitrogens is 3. The van der Waals surface area contributed by atoms with Crippen LogP contribution in [0.2, 0.25) is 0 Å². The molecule has 0 aliphatic carbocycles.